The number of benzene rings is 2. The Morgan fingerprint density at radius 3 is 2.53 bits per heavy atom. The van der Waals surface area contributed by atoms with E-state index in [9.17, 15) is 18.0 Å². The van der Waals surface area contributed by atoms with Crippen molar-refractivity contribution in [3.05, 3.63) is 70.2 Å². The number of anilines is 2. The lowest BCUT2D eigenvalue weighted by atomic mass is 10.2. The topological polar surface area (TPSA) is 114 Å². The number of thiazole rings is 1. The zero-order valence-corrected chi connectivity index (χ0v) is 18.0. The lowest BCUT2D eigenvalue weighted by Gasteiger charge is -2.12. The van der Waals surface area contributed by atoms with E-state index >= 15 is 0 Å². The van der Waals surface area contributed by atoms with Gasteiger partial charge in [0.25, 0.3) is 15.9 Å². The molecule has 0 radical (unpaired) electrons. The summed E-state index contributed by atoms with van der Waals surface area (Å²) in [5.74, 6) is -1.12. The van der Waals surface area contributed by atoms with Crippen molar-refractivity contribution in [2.24, 2.45) is 0 Å². The van der Waals surface area contributed by atoms with Gasteiger partial charge in [-0.05, 0) is 43.3 Å². The standard InChI is InChI=1S/C19H16ClN3O5S2/c1-2-28-18(25)16-11-21-19(29-16)22-17(24)14-5-3-4-6-15(14)23-30(26,27)13-9-7-12(20)8-10-13/h3-11,23H,2H2,1H3,(H,21,22,24). The number of nitrogens with zero attached hydrogens (tertiary/aromatic N) is 1. The molecule has 0 bridgehead atoms. The molecule has 3 aromatic rings. The van der Waals surface area contributed by atoms with E-state index in [2.05, 4.69) is 15.0 Å². The van der Waals surface area contributed by atoms with E-state index in [-0.39, 0.29) is 32.8 Å². The summed E-state index contributed by atoms with van der Waals surface area (Å²) in [6.45, 7) is 1.91. The average Bonchev–Trinajstić information content (AvgIpc) is 3.17. The van der Waals surface area contributed by atoms with Gasteiger partial charge >= 0.3 is 5.97 Å². The van der Waals surface area contributed by atoms with E-state index in [0.717, 1.165) is 11.3 Å². The van der Waals surface area contributed by atoms with Gasteiger partial charge < -0.3 is 4.74 Å². The van der Waals surface area contributed by atoms with Crippen molar-refractivity contribution >= 4 is 55.7 Å². The van der Waals surface area contributed by atoms with Gasteiger partial charge in [-0.15, -0.1) is 0 Å². The Morgan fingerprint density at radius 2 is 1.83 bits per heavy atom. The van der Waals surface area contributed by atoms with Crippen molar-refractivity contribution in [3.8, 4) is 0 Å². The summed E-state index contributed by atoms with van der Waals surface area (Å²) in [6.07, 6.45) is 1.30. The number of aromatic nitrogens is 1. The molecule has 3 rings (SSSR count). The number of esters is 1. The van der Waals surface area contributed by atoms with E-state index in [4.69, 9.17) is 16.3 Å². The number of amides is 1. The number of hydrogen-bond donors (Lipinski definition) is 2. The number of nitrogens with one attached hydrogen (secondary N) is 2. The van der Waals surface area contributed by atoms with E-state index in [0.29, 0.717) is 5.02 Å². The third kappa shape index (κ3) is 5.15. The van der Waals surface area contributed by atoms with Gasteiger partial charge in [0.1, 0.15) is 4.88 Å². The smallest absolute Gasteiger partial charge is 0.350 e. The van der Waals surface area contributed by atoms with Crippen LogP contribution in [-0.2, 0) is 14.8 Å². The molecule has 1 heterocycles. The van der Waals surface area contributed by atoms with Crippen LogP contribution in [0.4, 0.5) is 10.8 Å². The van der Waals surface area contributed by atoms with Crippen molar-refractivity contribution in [2.45, 2.75) is 11.8 Å². The molecule has 0 atom stereocenters. The normalized spacial score (nSPS) is 11.0. The minimum atomic E-state index is -3.94. The maximum absolute atomic E-state index is 12.7. The molecule has 11 heteroatoms. The lowest BCUT2D eigenvalue weighted by Crippen LogP contribution is -2.18. The fourth-order valence-electron chi connectivity index (χ4n) is 2.38. The van der Waals surface area contributed by atoms with Crippen molar-refractivity contribution in [1.82, 2.24) is 4.98 Å². The van der Waals surface area contributed by atoms with Crippen molar-refractivity contribution in [1.29, 1.82) is 0 Å². The summed E-state index contributed by atoms with van der Waals surface area (Å²) in [7, 11) is -3.94. The Morgan fingerprint density at radius 1 is 1.13 bits per heavy atom. The van der Waals surface area contributed by atoms with E-state index in [1.54, 1.807) is 19.1 Å². The van der Waals surface area contributed by atoms with Crippen LogP contribution in [-0.4, -0.2) is 31.9 Å². The highest BCUT2D eigenvalue weighted by Gasteiger charge is 2.20. The molecular formula is C19H16ClN3O5S2. The van der Waals surface area contributed by atoms with Gasteiger partial charge in [0, 0.05) is 5.02 Å². The third-order valence-corrected chi connectivity index (χ3v) is 6.27. The fourth-order valence-corrected chi connectivity index (χ4v) is 4.29. The minimum Gasteiger partial charge on any atom is -0.462 e. The third-order valence-electron chi connectivity index (χ3n) is 3.74. The molecular weight excluding hydrogens is 450 g/mol. The molecule has 8 nitrogen and oxygen atoms in total. The molecule has 1 aromatic heterocycles. The highest BCUT2D eigenvalue weighted by atomic mass is 35.5. The molecule has 0 saturated carbocycles. The Hall–Kier alpha value is -2.95. The van der Waals surface area contributed by atoms with Crippen molar-refractivity contribution in [3.63, 3.8) is 0 Å². The molecule has 30 heavy (non-hydrogen) atoms. The van der Waals surface area contributed by atoms with E-state index in [1.807, 2.05) is 0 Å². The predicted octanol–water partition coefficient (Wildman–Crippen LogP) is 4.03. The number of hydrogen-bond acceptors (Lipinski definition) is 7. The van der Waals surface area contributed by atoms with Gasteiger partial charge in [0.15, 0.2) is 5.13 Å². The molecule has 2 N–H and O–H groups in total. The Balaban J connectivity index is 1.80. The van der Waals surface area contributed by atoms with Crippen LogP contribution >= 0.6 is 22.9 Å². The summed E-state index contributed by atoms with van der Waals surface area (Å²) in [4.78, 5) is 28.6. The Labute approximate surface area is 181 Å². The number of sulfonamides is 1. The molecule has 0 aliphatic heterocycles. The van der Waals surface area contributed by atoms with Crippen molar-refractivity contribution < 1.29 is 22.7 Å². The monoisotopic (exact) mass is 465 g/mol. The quantitative estimate of drug-likeness (QED) is 0.509. The minimum absolute atomic E-state index is 0.00103. The Kier molecular flexibility index (Phi) is 6.70. The molecule has 0 unspecified atom stereocenters. The number of carbonyl (C=O) groups excluding carboxylic acids is 2. The second kappa shape index (κ2) is 9.24. The zero-order valence-electron chi connectivity index (χ0n) is 15.6. The molecule has 156 valence electrons. The maximum Gasteiger partial charge on any atom is 0.350 e. The van der Waals surface area contributed by atoms with Gasteiger partial charge in [0.05, 0.1) is 29.0 Å². The van der Waals surface area contributed by atoms with Crippen LogP contribution in [0.5, 0.6) is 0 Å². The second-order valence-electron chi connectivity index (χ2n) is 5.81. The molecule has 1 amide bonds. The largest absolute Gasteiger partial charge is 0.462 e. The summed E-state index contributed by atoms with van der Waals surface area (Å²) >= 11 is 6.75. The first kappa shape index (κ1) is 21.8. The molecule has 2 aromatic carbocycles. The Bertz CT molecular complexity index is 1180. The number of ether oxygens (including phenoxy) is 1. The first-order valence-electron chi connectivity index (χ1n) is 8.62. The van der Waals surface area contributed by atoms with Crippen LogP contribution in [0.2, 0.25) is 5.02 Å². The molecule has 0 fully saturated rings. The van der Waals surface area contributed by atoms with Gasteiger partial charge in [-0.3, -0.25) is 14.8 Å². The summed E-state index contributed by atoms with van der Waals surface area (Å²) in [5, 5.41) is 3.14. The molecule has 0 spiro atoms. The van der Waals surface area contributed by atoms with Gasteiger partial charge in [0.2, 0.25) is 0 Å². The second-order valence-corrected chi connectivity index (χ2v) is 8.96. The van der Waals surface area contributed by atoms with Gasteiger partial charge in [-0.2, -0.15) is 0 Å². The highest BCUT2D eigenvalue weighted by molar-refractivity contribution is 7.92. The first-order valence-corrected chi connectivity index (χ1v) is 11.3. The predicted molar refractivity (Wildman–Crippen MR) is 115 cm³/mol. The van der Waals surface area contributed by atoms with Crippen molar-refractivity contribution in [2.75, 3.05) is 16.6 Å². The summed E-state index contributed by atoms with van der Waals surface area (Å²) in [6, 6.07) is 11.8. The number of halogens is 1. The SMILES string of the molecule is CCOC(=O)c1cnc(NC(=O)c2ccccc2NS(=O)(=O)c2ccc(Cl)cc2)s1. The van der Waals surface area contributed by atoms with Crippen LogP contribution in [0.1, 0.15) is 27.0 Å². The first-order chi connectivity index (χ1) is 14.3. The van der Waals surface area contributed by atoms with Crippen LogP contribution in [0.25, 0.3) is 0 Å². The van der Waals surface area contributed by atoms with Gasteiger partial charge in [-0.1, -0.05) is 35.1 Å². The molecule has 0 aliphatic carbocycles. The number of rotatable bonds is 7. The average molecular weight is 466 g/mol. The molecule has 0 aliphatic rings. The van der Waals surface area contributed by atoms with E-state index in [1.165, 1.54) is 42.6 Å². The van der Waals surface area contributed by atoms with Crippen LogP contribution in [0.3, 0.4) is 0 Å². The lowest BCUT2D eigenvalue weighted by molar-refractivity contribution is 0.0531. The molecule has 0 saturated heterocycles. The summed E-state index contributed by atoms with van der Waals surface area (Å²) < 4.78 is 32.6. The van der Waals surface area contributed by atoms with Crippen LogP contribution in [0.15, 0.2) is 59.6 Å². The zero-order chi connectivity index (χ0) is 21.7. The fraction of sp³-hybridized carbons (Fsp3) is 0.105. The maximum atomic E-state index is 12.7. The van der Waals surface area contributed by atoms with E-state index < -0.39 is 21.9 Å². The van der Waals surface area contributed by atoms with Crippen LogP contribution < -0.4 is 10.0 Å². The highest BCUT2D eigenvalue weighted by Crippen LogP contribution is 2.24. The van der Waals surface area contributed by atoms with Gasteiger partial charge in [-0.25, -0.2) is 18.2 Å². The van der Waals surface area contributed by atoms with Crippen LogP contribution in [0, 0.1) is 0 Å². The summed E-state index contributed by atoms with van der Waals surface area (Å²) in [5.41, 5.74) is 0.176. The number of para-hydroxylation sites is 1. The number of carbonyl (C=O) groups is 2.